The van der Waals surface area contributed by atoms with Gasteiger partial charge in [0.25, 0.3) is 0 Å². The lowest BCUT2D eigenvalue weighted by Gasteiger charge is -2.20. The van der Waals surface area contributed by atoms with Gasteiger partial charge in [0, 0.05) is 5.70 Å². The highest BCUT2D eigenvalue weighted by molar-refractivity contribution is 5.52. The van der Waals surface area contributed by atoms with E-state index in [0.717, 1.165) is 0 Å². The van der Waals surface area contributed by atoms with Gasteiger partial charge in [-0.05, 0) is 17.4 Å². The average Bonchev–Trinajstić information content (AvgIpc) is 2.04. The molecule has 2 nitrogen and oxygen atoms in total. The summed E-state index contributed by atoms with van der Waals surface area (Å²) in [5.41, 5.74) is 2.55. The zero-order valence-corrected chi connectivity index (χ0v) is 8.29. The molecule has 12 heavy (non-hydrogen) atoms. The van der Waals surface area contributed by atoms with Gasteiger partial charge in [0.05, 0.1) is 0 Å². The Balaban J connectivity index is 2.92. The van der Waals surface area contributed by atoms with Crippen molar-refractivity contribution in [3.8, 4) is 0 Å². The van der Waals surface area contributed by atoms with Crippen LogP contribution in [-0.2, 0) is 4.74 Å². The summed E-state index contributed by atoms with van der Waals surface area (Å²) in [4.78, 5) is 4.26. The molecule has 0 radical (unpaired) electrons. The Morgan fingerprint density at radius 3 is 2.33 bits per heavy atom. The molecule has 0 aromatic rings. The number of rotatable bonds is 2. The third kappa shape index (κ3) is 1.87. The van der Waals surface area contributed by atoms with Gasteiger partial charge in [-0.1, -0.05) is 27.7 Å². The maximum atomic E-state index is 5.17. The molecule has 0 bridgehead atoms. The molecule has 1 aliphatic heterocycles. The molecular formula is C10H17NO. The van der Waals surface area contributed by atoms with Crippen molar-refractivity contribution >= 4 is 6.40 Å². The van der Waals surface area contributed by atoms with E-state index in [4.69, 9.17) is 4.74 Å². The molecule has 0 aromatic heterocycles. The first kappa shape index (κ1) is 9.30. The van der Waals surface area contributed by atoms with Crippen molar-refractivity contribution in [2.24, 2.45) is 16.8 Å². The lowest BCUT2D eigenvalue weighted by Crippen LogP contribution is -2.13. The summed E-state index contributed by atoms with van der Waals surface area (Å²) in [7, 11) is 0. The summed E-state index contributed by atoms with van der Waals surface area (Å²) in [6.07, 6.45) is 1.56. The second kappa shape index (κ2) is 3.74. The zero-order valence-electron chi connectivity index (χ0n) is 8.29. The van der Waals surface area contributed by atoms with Crippen molar-refractivity contribution in [1.82, 2.24) is 0 Å². The van der Waals surface area contributed by atoms with Gasteiger partial charge in [0.15, 0.2) is 6.40 Å². The van der Waals surface area contributed by atoms with Gasteiger partial charge in [-0.3, -0.25) is 0 Å². The number of hydrogen-bond acceptors (Lipinski definition) is 2. The van der Waals surface area contributed by atoms with E-state index in [0.29, 0.717) is 18.4 Å². The van der Waals surface area contributed by atoms with E-state index >= 15 is 0 Å². The van der Waals surface area contributed by atoms with E-state index in [9.17, 15) is 0 Å². The van der Waals surface area contributed by atoms with Crippen molar-refractivity contribution < 1.29 is 4.74 Å². The van der Waals surface area contributed by atoms with E-state index in [-0.39, 0.29) is 0 Å². The van der Waals surface area contributed by atoms with Gasteiger partial charge < -0.3 is 4.74 Å². The Morgan fingerprint density at radius 1 is 1.25 bits per heavy atom. The Morgan fingerprint density at radius 2 is 1.92 bits per heavy atom. The molecule has 0 unspecified atom stereocenters. The van der Waals surface area contributed by atoms with Crippen molar-refractivity contribution in [2.75, 3.05) is 6.61 Å². The summed E-state index contributed by atoms with van der Waals surface area (Å²) in [5.74, 6) is 1.04. The highest BCUT2D eigenvalue weighted by atomic mass is 16.5. The molecule has 0 fully saturated rings. The summed E-state index contributed by atoms with van der Waals surface area (Å²) in [5, 5.41) is 0. The normalized spacial score (nSPS) is 17.5. The molecule has 68 valence electrons. The third-order valence-electron chi connectivity index (χ3n) is 2.08. The molecule has 0 atom stereocenters. The first-order chi connectivity index (χ1) is 5.63. The first-order valence-electron chi connectivity index (χ1n) is 4.50. The smallest absolute Gasteiger partial charge is 0.174 e. The van der Waals surface area contributed by atoms with Crippen molar-refractivity contribution in [1.29, 1.82) is 0 Å². The van der Waals surface area contributed by atoms with Gasteiger partial charge >= 0.3 is 0 Å². The fourth-order valence-electron chi connectivity index (χ4n) is 1.36. The molecule has 0 amide bonds. The highest BCUT2D eigenvalue weighted by Gasteiger charge is 2.15. The van der Waals surface area contributed by atoms with E-state index in [1.165, 1.54) is 11.3 Å². The fraction of sp³-hybridized carbons (Fsp3) is 0.700. The minimum absolute atomic E-state index is 0.502. The number of ether oxygens (including phenoxy) is 1. The molecule has 0 N–H and O–H groups in total. The summed E-state index contributed by atoms with van der Waals surface area (Å²) in [6, 6.07) is 0. The predicted molar refractivity (Wildman–Crippen MR) is 51.1 cm³/mol. The van der Waals surface area contributed by atoms with Gasteiger partial charge in [-0.15, -0.1) is 0 Å². The average molecular weight is 167 g/mol. The predicted octanol–water partition coefficient (Wildman–Crippen LogP) is 2.61. The number of nitrogens with zero attached hydrogens (tertiary/aromatic N) is 1. The zero-order chi connectivity index (χ0) is 9.14. The molecule has 0 spiro atoms. The minimum atomic E-state index is 0.502. The number of aliphatic imine (C=N–C) groups is 1. The van der Waals surface area contributed by atoms with Crippen molar-refractivity contribution in [3.05, 3.63) is 11.3 Å². The summed E-state index contributed by atoms with van der Waals surface area (Å²) >= 11 is 0. The quantitative estimate of drug-likeness (QED) is 0.619. The van der Waals surface area contributed by atoms with Crippen LogP contribution < -0.4 is 0 Å². The maximum absolute atomic E-state index is 5.17. The molecule has 1 heterocycles. The molecule has 0 saturated heterocycles. The second-order valence-corrected chi connectivity index (χ2v) is 3.77. The minimum Gasteiger partial charge on any atom is -0.479 e. The van der Waals surface area contributed by atoms with Crippen LogP contribution in [0.3, 0.4) is 0 Å². The highest BCUT2D eigenvalue weighted by Crippen LogP contribution is 2.24. The van der Waals surface area contributed by atoms with Crippen LogP contribution in [0, 0.1) is 11.8 Å². The number of allylic oxidation sites excluding steroid dienone is 1. The topological polar surface area (TPSA) is 21.6 Å². The lowest BCUT2D eigenvalue weighted by molar-refractivity contribution is 0.328. The molecule has 2 heteroatoms. The Bertz CT molecular complexity index is 214. The van der Waals surface area contributed by atoms with Crippen molar-refractivity contribution in [2.45, 2.75) is 27.7 Å². The molecule has 0 aromatic carbocycles. The third-order valence-corrected chi connectivity index (χ3v) is 2.08. The van der Waals surface area contributed by atoms with E-state index in [1.54, 1.807) is 6.40 Å². The van der Waals surface area contributed by atoms with Gasteiger partial charge in [0.1, 0.15) is 6.61 Å². The van der Waals surface area contributed by atoms with Crippen LogP contribution in [-0.4, -0.2) is 13.0 Å². The lowest BCUT2D eigenvalue weighted by atomic mass is 9.96. The van der Waals surface area contributed by atoms with Crippen LogP contribution in [0.1, 0.15) is 27.7 Å². The van der Waals surface area contributed by atoms with Crippen LogP contribution in [0.2, 0.25) is 0 Å². The Labute approximate surface area is 74.3 Å². The van der Waals surface area contributed by atoms with Crippen molar-refractivity contribution in [3.63, 3.8) is 0 Å². The summed E-state index contributed by atoms with van der Waals surface area (Å²) in [6.45, 7) is 9.42. The van der Waals surface area contributed by atoms with Gasteiger partial charge in [0.2, 0.25) is 0 Å². The summed E-state index contributed by atoms with van der Waals surface area (Å²) < 4.78 is 5.17. The fourth-order valence-corrected chi connectivity index (χ4v) is 1.36. The van der Waals surface area contributed by atoms with Gasteiger partial charge in [-0.2, -0.15) is 0 Å². The molecular weight excluding hydrogens is 150 g/mol. The maximum Gasteiger partial charge on any atom is 0.174 e. The molecule has 1 aliphatic rings. The monoisotopic (exact) mass is 167 g/mol. The Kier molecular flexibility index (Phi) is 2.90. The molecule has 1 rings (SSSR count). The Hall–Kier alpha value is -0.790. The van der Waals surface area contributed by atoms with Crippen LogP contribution in [0.25, 0.3) is 0 Å². The van der Waals surface area contributed by atoms with E-state index in [1.807, 2.05) is 0 Å². The SMILES string of the molecule is CC(C)C1=C(C(C)C)N=COC1. The van der Waals surface area contributed by atoms with Crippen LogP contribution in [0.15, 0.2) is 16.3 Å². The van der Waals surface area contributed by atoms with Crippen LogP contribution >= 0.6 is 0 Å². The number of hydrogen-bond donors (Lipinski definition) is 0. The van der Waals surface area contributed by atoms with Crippen LogP contribution in [0.5, 0.6) is 0 Å². The first-order valence-corrected chi connectivity index (χ1v) is 4.50. The second-order valence-electron chi connectivity index (χ2n) is 3.77. The molecule has 0 aliphatic carbocycles. The largest absolute Gasteiger partial charge is 0.479 e. The van der Waals surface area contributed by atoms with Crippen LogP contribution in [0.4, 0.5) is 0 Å². The standard InChI is InChI=1S/C10H17NO/c1-7(2)9-5-12-6-11-10(9)8(3)4/h6-8H,5H2,1-4H3. The molecule has 0 saturated carbocycles. The van der Waals surface area contributed by atoms with Gasteiger partial charge in [-0.25, -0.2) is 4.99 Å². The van der Waals surface area contributed by atoms with E-state index < -0.39 is 0 Å². The van der Waals surface area contributed by atoms with E-state index in [2.05, 4.69) is 32.7 Å².